The fourth-order valence-electron chi connectivity index (χ4n) is 2.75. The van der Waals surface area contributed by atoms with Crippen LogP contribution in [0.25, 0.3) is 0 Å². The number of nitrogens with zero attached hydrogens (tertiary/aromatic N) is 2. The van der Waals surface area contributed by atoms with Crippen molar-refractivity contribution in [2.45, 2.75) is 19.3 Å². The van der Waals surface area contributed by atoms with Gasteiger partial charge >= 0.3 is 5.91 Å². The van der Waals surface area contributed by atoms with Crippen molar-refractivity contribution in [1.82, 2.24) is 4.90 Å². The van der Waals surface area contributed by atoms with E-state index in [-0.39, 0.29) is 0 Å². The van der Waals surface area contributed by atoms with Crippen molar-refractivity contribution >= 4 is 33.3 Å². The summed E-state index contributed by atoms with van der Waals surface area (Å²) in [4.78, 5) is 27.9. The summed E-state index contributed by atoms with van der Waals surface area (Å²) in [7, 11) is 0. The largest absolute Gasteiger partial charge is 0.300 e. The molecule has 5 heteroatoms. The monoisotopic (exact) mass is 322 g/mol. The van der Waals surface area contributed by atoms with E-state index in [9.17, 15) is 9.59 Å². The molecule has 1 fully saturated rings. The van der Waals surface area contributed by atoms with Gasteiger partial charge in [-0.2, -0.15) is 0 Å². The van der Waals surface area contributed by atoms with Crippen molar-refractivity contribution in [2.75, 3.05) is 24.7 Å². The summed E-state index contributed by atoms with van der Waals surface area (Å²) in [5.74, 6) is -0.805. The summed E-state index contributed by atoms with van der Waals surface area (Å²) in [5.41, 5.74) is 1.24. The topological polar surface area (TPSA) is 40.6 Å². The van der Waals surface area contributed by atoms with Gasteiger partial charge in [0.2, 0.25) is 0 Å². The van der Waals surface area contributed by atoms with E-state index in [0.717, 1.165) is 23.2 Å². The maximum absolute atomic E-state index is 12.1. The van der Waals surface area contributed by atoms with Crippen LogP contribution in [0.2, 0.25) is 0 Å². The van der Waals surface area contributed by atoms with Crippen LogP contribution in [0.4, 0.5) is 5.69 Å². The molecule has 0 aromatic heterocycles. The number of Topliss-reactive ketones (excluding diaryl/α,β-unsaturated/α-hetero) is 1. The van der Waals surface area contributed by atoms with Gasteiger partial charge in [-0.3, -0.25) is 19.4 Å². The molecule has 4 nitrogen and oxygen atoms in total. The molecule has 0 N–H and O–H groups in total. The summed E-state index contributed by atoms with van der Waals surface area (Å²) < 4.78 is 0.807. The lowest BCUT2D eigenvalue weighted by molar-refractivity contribution is -0.114. The average molecular weight is 323 g/mol. The van der Waals surface area contributed by atoms with Gasteiger partial charge in [-0.25, -0.2) is 0 Å². The SMILES string of the molecule is O=C1C(=O)N(CN2CCCCC2)c2c(Br)cccc21. The minimum atomic E-state index is -0.410. The molecule has 1 aromatic rings. The fourth-order valence-corrected chi connectivity index (χ4v) is 3.33. The lowest BCUT2D eigenvalue weighted by Gasteiger charge is -2.30. The molecule has 0 atom stereocenters. The third kappa shape index (κ3) is 2.21. The van der Waals surface area contributed by atoms with Crippen molar-refractivity contribution in [2.24, 2.45) is 0 Å². The molecule has 1 saturated heterocycles. The number of hydrogen-bond acceptors (Lipinski definition) is 3. The predicted octanol–water partition coefficient (Wildman–Crippen LogP) is 2.42. The highest BCUT2D eigenvalue weighted by molar-refractivity contribution is 9.10. The zero-order valence-electron chi connectivity index (χ0n) is 10.6. The van der Waals surface area contributed by atoms with E-state index in [1.807, 2.05) is 6.07 Å². The highest BCUT2D eigenvalue weighted by atomic mass is 79.9. The second kappa shape index (κ2) is 5.06. The summed E-state index contributed by atoms with van der Waals surface area (Å²) in [6.07, 6.45) is 3.58. The van der Waals surface area contributed by atoms with Crippen LogP contribution in [0.1, 0.15) is 29.6 Å². The van der Waals surface area contributed by atoms with Crippen LogP contribution < -0.4 is 4.90 Å². The minimum absolute atomic E-state index is 0.395. The van der Waals surface area contributed by atoms with Crippen LogP contribution in [0.15, 0.2) is 22.7 Å². The van der Waals surface area contributed by atoms with Gasteiger partial charge in [-0.05, 0) is 54.0 Å². The molecule has 0 spiro atoms. The molecule has 0 bridgehead atoms. The molecule has 0 saturated carbocycles. The van der Waals surface area contributed by atoms with Gasteiger partial charge in [-0.1, -0.05) is 12.5 Å². The molecular weight excluding hydrogens is 308 g/mol. The van der Waals surface area contributed by atoms with E-state index < -0.39 is 11.7 Å². The number of rotatable bonds is 2. The summed E-state index contributed by atoms with van der Waals surface area (Å²) in [6.45, 7) is 2.51. The number of amides is 1. The van der Waals surface area contributed by atoms with Gasteiger partial charge in [0.1, 0.15) is 0 Å². The maximum atomic E-state index is 12.1. The highest BCUT2D eigenvalue weighted by Crippen LogP contribution is 2.36. The lowest BCUT2D eigenvalue weighted by atomic mass is 10.1. The minimum Gasteiger partial charge on any atom is -0.290 e. The van der Waals surface area contributed by atoms with Crippen LogP contribution in [0.5, 0.6) is 0 Å². The Balaban J connectivity index is 1.90. The Morgan fingerprint density at radius 3 is 2.58 bits per heavy atom. The smallest absolute Gasteiger partial charge is 0.290 e. The first-order chi connectivity index (χ1) is 9.18. The average Bonchev–Trinajstić information content (AvgIpc) is 2.67. The first kappa shape index (κ1) is 12.8. The molecule has 0 aliphatic carbocycles. The van der Waals surface area contributed by atoms with E-state index in [1.54, 1.807) is 17.0 Å². The molecular formula is C14H15BrN2O2. The maximum Gasteiger partial charge on any atom is 0.300 e. The van der Waals surface area contributed by atoms with Gasteiger partial charge in [0.15, 0.2) is 0 Å². The number of halogens is 1. The molecule has 1 amide bonds. The number of carbonyl (C=O) groups is 2. The summed E-state index contributed by atoms with van der Waals surface area (Å²) in [5, 5.41) is 0. The van der Waals surface area contributed by atoms with Crippen LogP contribution in [-0.2, 0) is 4.79 Å². The second-order valence-corrected chi connectivity index (χ2v) is 5.87. The Morgan fingerprint density at radius 1 is 1.11 bits per heavy atom. The Morgan fingerprint density at radius 2 is 1.84 bits per heavy atom. The molecule has 2 aliphatic rings. The molecule has 0 radical (unpaired) electrons. The summed E-state index contributed by atoms with van der Waals surface area (Å²) in [6, 6.07) is 5.38. The summed E-state index contributed by atoms with van der Waals surface area (Å²) >= 11 is 3.44. The number of benzene rings is 1. The van der Waals surface area contributed by atoms with Crippen LogP contribution in [-0.4, -0.2) is 36.3 Å². The zero-order chi connectivity index (χ0) is 13.4. The molecule has 19 heavy (non-hydrogen) atoms. The van der Waals surface area contributed by atoms with Gasteiger partial charge in [0, 0.05) is 4.47 Å². The zero-order valence-corrected chi connectivity index (χ0v) is 12.1. The van der Waals surface area contributed by atoms with Gasteiger partial charge in [0.25, 0.3) is 5.78 Å². The molecule has 3 rings (SSSR count). The standard InChI is InChI=1S/C14H15BrN2O2/c15-11-6-4-5-10-12(11)17(14(19)13(10)18)9-16-7-2-1-3-8-16/h4-6H,1-3,7-9H2. The quantitative estimate of drug-likeness (QED) is 0.785. The van der Waals surface area contributed by atoms with Crippen molar-refractivity contribution in [3.63, 3.8) is 0 Å². The first-order valence-corrected chi connectivity index (χ1v) is 7.35. The number of carbonyl (C=O) groups excluding carboxylic acids is 2. The third-order valence-corrected chi connectivity index (χ3v) is 4.37. The van der Waals surface area contributed by atoms with Gasteiger partial charge in [0.05, 0.1) is 17.9 Å². The first-order valence-electron chi connectivity index (χ1n) is 6.55. The van der Waals surface area contributed by atoms with Crippen molar-refractivity contribution in [3.8, 4) is 0 Å². The molecule has 100 valence electrons. The lowest BCUT2D eigenvalue weighted by Crippen LogP contribution is -2.43. The van der Waals surface area contributed by atoms with Crippen LogP contribution >= 0.6 is 15.9 Å². The van der Waals surface area contributed by atoms with Gasteiger partial charge < -0.3 is 0 Å². The normalized spacial score (nSPS) is 19.9. The number of anilines is 1. The second-order valence-electron chi connectivity index (χ2n) is 5.02. The van der Waals surface area contributed by atoms with Crippen LogP contribution in [0.3, 0.4) is 0 Å². The number of ketones is 1. The Kier molecular flexibility index (Phi) is 3.41. The molecule has 2 aliphatic heterocycles. The number of hydrogen-bond donors (Lipinski definition) is 0. The highest BCUT2D eigenvalue weighted by Gasteiger charge is 2.37. The van der Waals surface area contributed by atoms with Crippen molar-refractivity contribution < 1.29 is 9.59 Å². The van der Waals surface area contributed by atoms with E-state index in [4.69, 9.17) is 0 Å². The van der Waals surface area contributed by atoms with Crippen LogP contribution in [0, 0.1) is 0 Å². The molecule has 0 unspecified atom stereocenters. The van der Waals surface area contributed by atoms with Crippen molar-refractivity contribution in [3.05, 3.63) is 28.2 Å². The Bertz CT molecular complexity index is 538. The predicted molar refractivity (Wildman–Crippen MR) is 76.2 cm³/mol. The van der Waals surface area contributed by atoms with Gasteiger partial charge in [-0.15, -0.1) is 0 Å². The number of fused-ring (bicyclic) bond motifs is 1. The van der Waals surface area contributed by atoms with E-state index in [2.05, 4.69) is 20.8 Å². The van der Waals surface area contributed by atoms with E-state index >= 15 is 0 Å². The van der Waals surface area contributed by atoms with Crippen molar-refractivity contribution in [1.29, 1.82) is 0 Å². The third-order valence-electron chi connectivity index (χ3n) is 3.73. The number of likely N-dealkylation sites (tertiary alicyclic amines) is 1. The Hall–Kier alpha value is -1.20. The van der Waals surface area contributed by atoms with E-state index in [0.29, 0.717) is 12.2 Å². The molecule has 1 aromatic carbocycles. The fraction of sp³-hybridized carbons (Fsp3) is 0.429. The number of piperidine rings is 1. The van der Waals surface area contributed by atoms with E-state index in [1.165, 1.54) is 19.3 Å². The number of para-hydroxylation sites is 1. The molecule has 2 heterocycles. The Labute approximate surface area is 120 Å².